The molecule has 2 saturated heterocycles. The summed E-state index contributed by atoms with van der Waals surface area (Å²) in [6.07, 6.45) is 1.08. The predicted octanol–water partition coefficient (Wildman–Crippen LogP) is 4.28. The standard InChI is InChI=1S/C24H30N2O2/c1-15-6-8-19(9-7-15)24(27)26-14-20-12-21(26)13-25(20)18(4)22-10-11-23(28-5)17(3)16(22)2/h6-11,18,20-21H,12-14H2,1-5H3/t18?,20-,21-/m1/s1. The van der Waals surface area contributed by atoms with Crippen LogP contribution in [0.2, 0.25) is 0 Å². The second kappa shape index (κ2) is 7.25. The Morgan fingerprint density at radius 2 is 1.71 bits per heavy atom. The molecule has 0 aromatic heterocycles. The number of methoxy groups -OCH3 is 1. The number of benzene rings is 2. The quantitative estimate of drug-likeness (QED) is 0.796. The van der Waals surface area contributed by atoms with Crippen LogP contribution in [0.15, 0.2) is 36.4 Å². The van der Waals surface area contributed by atoms with Gasteiger partial charge < -0.3 is 9.64 Å². The molecule has 148 valence electrons. The topological polar surface area (TPSA) is 32.8 Å². The molecule has 3 atom stereocenters. The van der Waals surface area contributed by atoms with E-state index in [4.69, 9.17) is 4.74 Å². The van der Waals surface area contributed by atoms with E-state index in [2.05, 4.69) is 42.7 Å². The highest BCUT2D eigenvalue weighted by molar-refractivity contribution is 5.94. The number of carbonyl (C=O) groups is 1. The molecule has 0 spiro atoms. The highest BCUT2D eigenvalue weighted by atomic mass is 16.5. The summed E-state index contributed by atoms with van der Waals surface area (Å²) < 4.78 is 5.47. The van der Waals surface area contributed by atoms with Crippen molar-refractivity contribution in [1.29, 1.82) is 0 Å². The number of carbonyl (C=O) groups excluding carboxylic acids is 1. The van der Waals surface area contributed by atoms with Gasteiger partial charge in [-0.15, -0.1) is 0 Å². The van der Waals surface area contributed by atoms with Crippen LogP contribution in [-0.4, -0.2) is 48.0 Å². The zero-order valence-electron chi connectivity index (χ0n) is 17.5. The third-order valence-corrected chi connectivity index (χ3v) is 6.79. The smallest absolute Gasteiger partial charge is 0.254 e. The number of likely N-dealkylation sites (tertiary alicyclic amines) is 2. The largest absolute Gasteiger partial charge is 0.496 e. The number of aryl methyl sites for hydroxylation is 1. The molecule has 2 fully saturated rings. The molecule has 1 amide bonds. The highest BCUT2D eigenvalue weighted by Crippen LogP contribution is 2.39. The van der Waals surface area contributed by atoms with Crippen molar-refractivity contribution in [3.05, 3.63) is 64.2 Å². The fourth-order valence-corrected chi connectivity index (χ4v) is 4.95. The highest BCUT2D eigenvalue weighted by Gasteiger charge is 2.47. The van der Waals surface area contributed by atoms with Gasteiger partial charge in [-0.2, -0.15) is 0 Å². The van der Waals surface area contributed by atoms with Crippen molar-refractivity contribution < 1.29 is 9.53 Å². The van der Waals surface area contributed by atoms with Gasteiger partial charge in [-0.3, -0.25) is 9.69 Å². The van der Waals surface area contributed by atoms with Gasteiger partial charge in [0.2, 0.25) is 0 Å². The van der Waals surface area contributed by atoms with Gasteiger partial charge in [0, 0.05) is 36.8 Å². The van der Waals surface area contributed by atoms with Crippen molar-refractivity contribution in [2.24, 2.45) is 0 Å². The molecule has 2 heterocycles. The molecule has 4 heteroatoms. The van der Waals surface area contributed by atoms with Crippen molar-refractivity contribution >= 4 is 5.91 Å². The molecule has 2 aliphatic rings. The lowest BCUT2D eigenvalue weighted by Gasteiger charge is -2.38. The first-order valence-electron chi connectivity index (χ1n) is 10.2. The van der Waals surface area contributed by atoms with Crippen LogP contribution in [0.25, 0.3) is 0 Å². The molecule has 2 bridgehead atoms. The van der Waals surface area contributed by atoms with Crippen molar-refractivity contribution in [3.8, 4) is 5.75 Å². The lowest BCUT2D eigenvalue weighted by atomic mass is 9.96. The Bertz CT molecular complexity index is 890. The van der Waals surface area contributed by atoms with E-state index in [1.165, 1.54) is 22.3 Å². The molecule has 0 radical (unpaired) electrons. The van der Waals surface area contributed by atoms with Crippen molar-refractivity contribution in [2.75, 3.05) is 20.2 Å². The number of piperazine rings is 1. The number of fused-ring (bicyclic) bond motifs is 2. The van der Waals surface area contributed by atoms with Gasteiger partial charge >= 0.3 is 0 Å². The van der Waals surface area contributed by atoms with E-state index < -0.39 is 0 Å². The van der Waals surface area contributed by atoms with Crippen LogP contribution < -0.4 is 4.74 Å². The molecule has 0 saturated carbocycles. The SMILES string of the molecule is COc1ccc(C(C)N2C[C@H]3C[C@@H]2CN3C(=O)c2ccc(C)cc2)c(C)c1C. The summed E-state index contributed by atoms with van der Waals surface area (Å²) >= 11 is 0. The Labute approximate surface area is 168 Å². The molecular weight excluding hydrogens is 348 g/mol. The molecule has 28 heavy (non-hydrogen) atoms. The second-order valence-corrected chi connectivity index (χ2v) is 8.35. The van der Waals surface area contributed by atoms with Crippen molar-refractivity contribution in [1.82, 2.24) is 9.80 Å². The van der Waals surface area contributed by atoms with E-state index in [-0.39, 0.29) is 5.91 Å². The Morgan fingerprint density at radius 3 is 2.32 bits per heavy atom. The number of rotatable bonds is 4. The van der Waals surface area contributed by atoms with Crippen LogP contribution in [0.5, 0.6) is 5.75 Å². The predicted molar refractivity (Wildman–Crippen MR) is 112 cm³/mol. The summed E-state index contributed by atoms with van der Waals surface area (Å²) in [7, 11) is 1.73. The zero-order valence-corrected chi connectivity index (χ0v) is 17.5. The van der Waals surface area contributed by atoms with Crippen LogP contribution >= 0.6 is 0 Å². The minimum Gasteiger partial charge on any atom is -0.496 e. The number of hydrogen-bond donors (Lipinski definition) is 0. The fourth-order valence-electron chi connectivity index (χ4n) is 4.95. The second-order valence-electron chi connectivity index (χ2n) is 8.35. The number of hydrogen-bond acceptors (Lipinski definition) is 3. The Hall–Kier alpha value is -2.33. The van der Waals surface area contributed by atoms with Gasteiger partial charge in [0.05, 0.1) is 7.11 Å². The zero-order chi connectivity index (χ0) is 20.0. The summed E-state index contributed by atoms with van der Waals surface area (Å²) in [5.41, 5.74) is 5.88. The van der Waals surface area contributed by atoms with Crippen molar-refractivity contribution in [2.45, 2.75) is 52.2 Å². The third kappa shape index (κ3) is 3.10. The van der Waals surface area contributed by atoms with Crippen LogP contribution in [0.4, 0.5) is 0 Å². The van der Waals surface area contributed by atoms with Gasteiger partial charge in [-0.05, 0) is 69.0 Å². The van der Waals surface area contributed by atoms with Gasteiger partial charge in [0.15, 0.2) is 0 Å². The maximum atomic E-state index is 13.0. The van der Waals surface area contributed by atoms with Crippen LogP contribution in [0.1, 0.15) is 52.0 Å². The van der Waals surface area contributed by atoms with E-state index >= 15 is 0 Å². The average molecular weight is 379 g/mol. The van der Waals surface area contributed by atoms with E-state index in [0.29, 0.717) is 18.1 Å². The molecule has 0 aliphatic carbocycles. The van der Waals surface area contributed by atoms with Crippen LogP contribution in [0, 0.1) is 20.8 Å². The third-order valence-electron chi connectivity index (χ3n) is 6.79. The first-order chi connectivity index (χ1) is 13.4. The number of ether oxygens (including phenoxy) is 1. The lowest BCUT2D eigenvalue weighted by molar-refractivity contribution is 0.0569. The summed E-state index contributed by atoms with van der Waals surface area (Å²) in [5.74, 6) is 1.13. The Kier molecular flexibility index (Phi) is 4.92. The van der Waals surface area contributed by atoms with E-state index in [1.54, 1.807) is 7.11 Å². The lowest BCUT2D eigenvalue weighted by Crippen LogP contribution is -2.49. The first kappa shape index (κ1) is 19.0. The first-order valence-corrected chi connectivity index (χ1v) is 10.2. The summed E-state index contributed by atoms with van der Waals surface area (Å²) in [6, 6.07) is 13.3. The minimum atomic E-state index is 0.177. The van der Waals surface area contributed by atoms with E-state index in [9.17, 15) is 4.79 Å². The van der Waals surface area contributed by atoms with Crippen LogP contribution in [0.3, 0.4) is 0 Å². The summed E-state index contributed by atoms with van der Waals surface area (Å²) in [6.45, 7) is 10.4. The molecule has 4 nitrogen and oxygen atoms in total. The van der Waals surface area contributed by atoms with Crippen LogP contribution in [-0.2, 0) is 0 Å². The Balaban J connectivity index is 1.49. The summed E-state index contributed by atoms with van der Waals surface area (Å²) in [4.78, 5) is 17.6. The molecular formula is C24H30N2O2. The number of nitrogens with zero attached hydrogens (tertiary/aromatic N) is 2. The molecule has 2 aromatic rings. The van der Waals surface area contributed by atoms with E-state index in [1.807, 2.05) is 31.2 Å². The normalized spacial score (nSPS) is 22.5. The number of amides is 1. The maximum absolute atomic E-state index is 13.0. The van der Waals surface area contributed by atoms with Gasteiger partial charge in [-0.25, -0.2) is 0 Å². The maximum Gasteiger partial charge on any atom is 0.254 e. The monoisotopic (exact) mass is 378 g/mol. The van der Waals surface area contributed by atoms with Gasteiger partial charge in [0.1, 0.15) is 5.75 Å². The van der Waals surface area contributed by atoms with Gasteiger partial charge in [-0.1, -0.05) is 23.8 Å². The molecule has 4 rings (SSSR count). The van der Waals surface area contributed by atoms with Crippen molar-refractivity contribution in [3.63, 3.8) is 0 Å². The molecule has 2 aromatic carbocycles. The summed E-state index contributed by atoms with van der Waals surface area (Å²) in [5, 5.41) is 0. The average Bonchev–Trinajstić information content (AvgIpc) is 3.30. The minimum absolute atomic E-state index is 0.177. The molecule has 2 aliphatic heterocycles. The van der Waals surface area contributed by atoms with E-state index in [0.717, 1.165) is 30.8 Å². The fraction of sp³-hybridized carbons (Fsp3) is 0.458. The molecule has 1 unspecified atom stereocenters. The molecule has 0 N–H and O–H groups in total. The Morgan fingerprint density at radius 1 is 1.00 bits per heavy atom. The van der Waals surface area contributed by atoms with Gasteiger partial charge in [0.25, 0.3) is 5.91 Å².